The molecule has 3 rings (SSSR count). The Morgan fingerprint density at radius 2 is 2.39 bits per heavy atom. The van der Waals surface area contributed by atoms with Crippen LogP contribution >= 0.6 is 11.6 Å². The third-order valence-corrected chi connectivity index (χ3v) is 3.75. The van der Waals surface area contributed by atoms with Crippen molar-refractivity contribution in [1.29, 1.82) is 0 Å². The van der Waals surface area contributed by atoms with Crippen molar-refractivity contribution in [2.24, 2.45) is 0 Å². The van der Waals surface area contributed by atoms with Crippen LogP contribution in [0, 0.1) is 0 Å². The van der Waals surface area contributed by atoms with Crippen LogP contribution in [0.3, 0.4) is 0 Å². The Bertz CT molecular complexity index is 561. The van der Waals surface area contributed by atoms with Gasteiger partial charge in [-0.25, -0.2) is 4.98 Å². The highest BCUT2D eigenvalue weighted by atomic mass is 35.5. The van der Waals surface area contributed by atoms with E-state index in [0.717, 1.165) is 43.4 Å². The van der Waals surface area contributed by atoms with Crippen molar-refractivity contribution in [2.75, 3.05) is 12.3 Å². The summed E-state index contributed by atoms with van der Waals surface area (Å²) in [4.78, 5) is 4.33. The number of anilines is 1. The molecule has 1 unspecified atom stereocenters. The summed E-state index contributed by atoms with van der Waals surface area (Å²) in [6, 6.07) is 5.69. The highest BCUT2D eigenvalue weighted by Gasteiger charge is 2.17. The maximum Gasteiger partial charge on any atom is 0.201 e. The van der Waals surface area contributed by atoms with Crippen LogP contribution in [0.15, 0.2) is 18.2 Å². The minimum atomic E-state index is 0.351. The van der Waals surface area contributed by atoms with Gasteiger partial charge in [0.25, 0.3) is 0 Å². The first kappa shape index (κ1) is 11.8. The van der Waals surface area contributed by atoms with Crippen molar-refractivity contribution < 1.29 is 4.74 Å². The van der Waals surface area contributed by atoms with Crippen LogP contribution in [0.25, 0.3) is 11.0 Å². The molecule has 5 heteroatoms. The van der Waals surface area contributed by atoms with E-state index in [0.29, 0.717) is 17.1 Å². The zero-order chi connectivity index (χ0) is 12.5. The number of hydrogen-bond donors (Lipinski definition) is 1. The van der Waals surface area contributed by atoms with Crippen LogP contribution in [0.4, 0.5) is 5.95 Å². The normalized spacial score (nSPS) is 19.7. The molecule has 96 valence electrons. The molecule has 0 bridgehead atoms. The van der Waals surface area contributed by atoms with Crippen molar-refractivity contribution in [1.82, 2.24) is 9.55 Å². The number of aryl methyl sites for hydroxylation is 1. The molecule has 0 spiro atoms. The number of nitrogens with two attached hydrogens (primary N) is 1. The predicted molar refractivity (Wildman–Crippen MR) is 72.7 cm³/mol. The summed E-state index contributed by atoms with van der Waals surface area (Å²) < 4.78 is 7.61. The smallest absolute Gasteiger partial charge is 0.201 e. The Morgan fingerprint density at radius 1 is 1.50 bits per heavy atom. The molecule has 0 aliphatic carbocycles. The van der Waals surface area contributed by atoms with Gasteiger partial charge in [-0.15, -0.1) is 0 Å². The second-order valence-corrected chi connectivity index (χ2v) is 5.06. The van der Waals surface area contributed by atoms with Gasteiger partial charge in [0.2, 0.25) is 5.95 Å². The molecule has 1 fully saturated rings. The molecule has 18 heavy (non-hydrogen) atoms. The second-order valence-electron chi connectivity index (χ2n) is 4.65. The number of imidazole rings is 1. The van der Waals surface area contributed by atoms with Gasteiger partial charge in [0.05, 0.1) is 22.2 Å². The fourth-order valence-corrected chi connectivity index (χ4v) is 2.80. The van der Waals surface area contributed by atoms with E-state index < -0.39 is 0 Å². The Kier molecular flexibility index (Phi) is 3.14. The lowest BCUT2D eigenvalue weighted by atomic mass is 10.2. The first-order chi connectivity index (χ1) is 8.75. The van der Waals surface area contributed by atoms with E-state index in [1.807, 2.05) is 22.8 Å². The summed E-state index contributed by atoms with van der Waals surface area (Å²) in [5, 5.41) is 0.698. The number of benzene rings is 1. The monoisotopic (exact) mass is 265 g/mol. The van der Waals surface area contributed by atoms with Gasteiger partial charge in [-0.2, -0.15) is 0 Å². The number of nitrogens with zero attached hydrogens (tertiary/aromatic N) is 2. The molecular formula is C13H16ClN3O. The number of aromatic nitrogens is 2. The van der Waals surface area contributed by atoms with Crippen molar-refractivity contribution in [3.63, 3.8) is 0 Å². The Balaban J connectivity index is 1.88. The van der Waals surface area contributed by atoms with E-state index >= 15 is 0 Å². The lowest BCUT2D eigenvalue weighted by Gasteiger charge is -2.11. The molecule has 0 amide bonds. The fraction of sp³-hybridized carbons (Fsp3) is 0.462. The zero-order valence-corrected chi connectivity index (χ0v) is 10.9. The van der Waals surface area contributed by atoms with Crippen molar-refractivity contribution in [3.8, 4) is 0 Å². The molecule has 1 saturated heterocycles. The highest BCUT2D eigenvalue weighted by Crippen LogP contribution is 2.26. The minimum absolute atomic E-state index is 0.351. The van der Waals surface area contributed by atoms with Gasteiger partial charge in [-0.1, -0.05) is 17.7 Å². The summed E-state index contributed by atoms with van der Waals surface area (Å²) in [5.41, 5.74) is 7.74. The number of ether oxygens (including phenoxy) is 1. The Labute approximate surface area is 111 Å². The van der Waals surface area contributed by atoms with Crippen molar-refractivity contribution in [2.45, 2.75) is 31.9 Å². The molecule has 4 nitrogen and oxygen atoms in total. The molecule has 1 aromatic carbocycles. The summed E-state index contributed by atoms with van der Waals surface area (Å²) >= 11 is 6.22. The molecule has 1 aromatic heterocycles. The van der Waals surface area contributed by atoms with Crippen molar-refractivity contribution in [3.05, 3.63) is 23.2 Å². The van der Waals surface area contributed by atoms with Crippen LogP contribution in [0.1, 0.15) is 19.3 Å². The molecule has 0 saturated carbocycles. The number of rotatable bonds is 3. The number of nitrogen functional groups attached to an aromatic ring is 1. The van der Waals surface area contributed by atoms with Crippen LogP contribution in [0.5, 0.6) is 0 Å². The first-order valence-electron chi connectivity index (χ1n) is 6.27. The summed E-state index contributed by atoms with van der Waals surface area (Å²) in [6.07, 6.45) is 3.61. The Hall–Kier alpha value is -1.26. The van der Waals surface area contributed by atoms with E-state index in [1.54, 1.807) is 0 Å². The maximum atomic E-state index is 6.22. The summed E-state index contributed by atoms with van der Waals surface area (Å²) in [6.45, 7) is 1.68. The molecule has 2 aromatic rings. The predicted octanol–water partition coefficient (Wildman–Crippen LogP) is 2.84. The third kappa shape index (κ3) is 2.06. The lowest BCUT2D eigenvalue weighted by molar-refractivity contribution is 0.101. The average Bonchev–Trinajstić information content (AvgIpc) is 2.94. The maximum absolute atomic E-state index is 6.22. The summed E-state index contributed by atoms with van der Waals surface area (Å²) in [7, 11) is 0. The highest BCUT2D eigenvalue weighted by molar-refractivity contribution is 6.35. The van der Waals surface area contributed by atoms with Gasteiger partial charge < -0.3 is 15.0 Å². The molecule has 1 aliphatic rings. The van der Waals surface area contributed by atoms with E-state index in [2.05, 4.69) is 4.98 Å². The zero-order valence-electron chi connectivity index (χ0n) is 10.1. The van der Waals surface area contributed by atoms with E-state index in [-0.39, 0.29) is 0 Å². The van der Waals surface area contributed by atoms with E-state index in [4.69, 9.17) is 22.1 Å². The molecular weight excluding hydrogens is 250 g/mol. The van der Waals surface area contributed by atoms with Crippen molar-refractivity contribution >= 4 is 28.6 Å². The molecule has 1 atom stereocenters. The first-order valence-corrected chi connectivity index (χ1v) is 6.65. The van der Waals surface area contributed by atoms with Crippen LogP contribution in [0.2, 0.25) is 5.02 Å². The largest absolute Gasteiger partial charge is 0.378 e. The van der Waals surface area contributed by atoms with Gasteiger partial charge in [-0.3, -0.25) is 0 Å². The topological polar surface area (TPSA) is 53.1 Å². The molecule has 0 radical (unpaired) electrons. The third-order valence-electron chi connectivity index (χ3n) is 3.45. The number of halogens is 1. The van der Waals surface area contributed by atoms with E-state index in [1.165, 1.54) is 0 Å². The number of hydrogen-bond acceptors (Lipinski definition) is 3. The second kappa shape index (κ2) is 4.78. The number of fused-ring (bicyclic) bond motifs is 1. The molecule has 2 N–H and O–H groups in total. The SMILES string of the molecule is Nc1nc2cccc(Cl)c2n1CCC1CCCO1. The average molecular weight is 266 g/mol. The quantitative estimate of drug-likeness (QED) is 0.928. The van der Waals surface area contributed by atoms with Crippen LogP contribution in [-0.4, -0.2) is 22.3 Å². The number of para-hydroxylation sites is 1. The molecule has 1 aliphatic heterocycles. The van der Waals surface area contributed by atoms with Gasteiger partial charge in [-0.05, 0) is 31.4 Å². The summed E-state index contributed by atoms with van der Waals surface area (Å²) in [5.74, 6) is 0.524. The van der Waals surface area contributed by atoms with E-state index in [9.17, 15) is 0 Å². The van der Waals surface area contributed by atoms with Gasteiger partial charge in [0, 0.05) is 13.2 Å². The van der Waals surface area contributed by atoms with Gasteiger partial charge in [0.1, 0.15) is 0 Å². The van der Waals surface area contributed by atoms with Crippen LogP contribution < -0.4 is 5.73 Å². The Morgan fingerprint density at radius 3 is 3.17 bits per heavy atom. The fourth-order valence-electron chi connectivity index (χ4n) is 2.53. The minimum Gasteiger partial charge on any atom is -0.378 e. The standard InChI is InChI=1S/C13H16ClN3O/c14-10-4-1-5-11-12(10)17(13(15)16-11)7-6-9-3-2-8-18-9/h1,4-5,9H,2-3,6-8H2,(H2,15,16). The molecule has 2 heterocycles. The van der Waals surface area contributed by atoms with Gasteiger partial charge in [0.15, 0.2) is 0 Å². The lowest BCUT2D eigenvalue weighted by Crippen LogP contribution is -2.11. The van der Waals surface area contributed by atoms with Crippen LogP contribution in [-0.2, 0) is 11.3 Å². The van der Waals surface area contributed by atoms with Gasteiger partial charge >= 0.3 is 0 Å².